The Morgan fingerprint density at radius 3 is 2.73 bits per heavy atom. The second-order valence-corrected chi connectivity index (χ2v) is 3.71. The van der Waals surface area contributed by atoms with Gasteiger partial charge in [-0.25, -0.2) is 0 Å². The number of rotatable bonds is 0. The van der Waals surface area contributed by atoms with Crippen molar-refractivity contribution in [1.29, 1.82) is 0 Å². The van der Waals surface area contributed by atoms with Crippen LogP contribution in [-0.2, 0) is 4.74 Å². The molecule has 1 heterocycles. The maximum atomic E-state index is 9.62. The first-order valence-corrected chi connectivity index (χ1v) is 4.67. The van der Waals surface area contributed by atoms with E-state index in [1.54, 1.807) is 0 Å². The van der Waals surface area contributed by atoms with Gasteiger partial charge in [0.15, 0.2) is 0 Å². The van der Waals surface area contributed by atoms with Gasteiger partial charge in [0.05, 0.1) is 12.2 Å². The van der Waals surface area contributed by atoms with Crippen molar-refractivity contribution in [2.45, 2.75) is 44.3 Å². The van der Waals surface area contributed by atoms with Gasteiger partial charge < -0.3 is 9.84 Å². The fourth-order valence-electron chi connectivity index (χ4n) is 2.33. The van der Waals surface area contributed by atoms with Crippen LogP contribution in [0.5, 0.6) is 0 Å². The van der Waals surface area contributed by atoms with Gasteiger partial charge in [0.2, 0.25) is 0 Å². The molecule has 0 radical (unpaired) electrons. The third kappa shape index (κ3) is 1.42. The molecule has 3 atom stereocenters. The first-order chi connectivity index (χ1) is 5.38. The molecule has 2 aliphatic rings. The molecule has 1 saturated heterocycles. The van der Waals surface area contributed by atoms with Crippen LogP contribution in [0.2, 0.25) is 0 Å². The molecule has 2 heteroatoms. The van der Waals surface area contributed by atoms with Gasteiger partial charge in [-0.2, -0.15) is 0 Å². The topological polar surface area (TPSA) is 29.5 Å². The fraction of sp³-hybridized carbons (Fsp3) is 1.00. The zero-order valence-electron chi connectivity index (χ0n) is 6.83. The van der Waals surface area contributed by atoms with Gasteiger partial charge in [-0.1, -0.05) is 12.8 Å². The number of ether oxygens (including phenoxy) is 1. The van der Waals surface area contributed by atoms with Crippen LogP contribution in [0.3, 0.4) is 0 Å². The van der Waals surface area contributed by atoms with Gasteiger partial charge in [0.1, 0.15) is 0 Å². The van der Waals surface area contributed by atoms with E-state index in [4.69, 9.17) is 4.74 Å². The molecule has 0 bridgehead atoms. The van der Waals surface area contributed by atoms with E-state index in [0.29, 0.717) is 12.0 Å². The smallest absolute Gasteiger partial charge is 0.0628 e. The van der Waals surface area contributed by atoms with Crippen molar-refractivity contribution in [2.24, 2.45) is 5.92 Å². The highest BCUT2D eigenvalue weighted by atomic mass is 16.5. The zero-order chi connectivity index (χ0) is 7.68. The largest absolute Gasteiger partial charge is 0.393 e. The van der Waals surface area contributed by atoms with E-state index >= 15 is 0 Å². The van der Waals surface area contributed by atoms with Crippen molar-refractivity contribution >= 4 is 0 Å². The molecule has 11 heavy (non-hydrogen) atoms. The maximum absolute atomic E-state index is 9.62. The lowest BCUT2D eigenvalue weighted by atomic mass is 9.80. The summed E-state index contributed by atoms with van der Waals surface area (Å²) in [5, 5.41) is 9.62. The van der Waals surface area contributed by atoms with E-state index < -0.39 is 0 Å². The minimum Gasteiger partial charge on any atom is -0.393 e. The molecular weight excluding hydrogens is 140 g/mol. The van der Waals surface area contributed by atoms with Crippen LogP contribution in [0.15, 0.2) is 0 Å². The monoisotopic (exact) mass is 156 g/mol. The van der Waals surface area contributed by atoms with Crippen LogP contribution in [0, 0.1) is 5.92 Å². The highest BCUT2D eigenvalue weighted by Gasteiger charge is 2.34. The zero-order valence-corrected chi connectivity index (χ0v) is 6.83. The molecule has 0 unspecified atom stereocenters. The van der Waals surface area contributed by atoms with Crippen LogP contribution in [0.4, 0.5) is 0 Å². The molecule has 1 aliphatic heterocycles. The molecule has 2 nitrogen and oxygen atoms in total. The summed E-state index contributed by atoms with van der Waals surface area (Å²) in [6.45, 7) is 0.766. The van der Waals surface area contributed by atoms with Crippen molar-refractivity contribution in [3.05, 3.63) is 0 Å². The van der Waals surface area contributed by atoms with Crippen molar-refractivity contribution in [1.82, 2.24) is 0 Å². The SMILES string of the molecule is O[C@@H]1CCO[C@H]2CCCC[C@@H]12. The van der Waals surface area contributed by atoms with E-state index in [-0.39, 0.29) is 6.10 Å². The van der Waals surface area contributed by atoms with Crippen LogP contribution in [0.1, 0.15) is 32.1 Å². The summed E-state index contributed by atoms with van der Waals surface area (Å²) in [6, 6.07) is 0. The predicted molar refractivity (Wildman–Crippen MR) is 42.3 cm³/mol. The Morgan fingerprint density at radius 2 is 1.91 bits per heavy atom. The van der Waals surface area contributed by atoms with Crippen molar-refractivity contribution in [3.8, 4) is 0 Å². The highest BCUT2D eigenvalue weighted by Crippen LogP contribution is 2.33. The number of hydrogen-bond donors (Lipinski definition) is 1. The fourth-order valence-corrected chi connectivity index (χ4v) is 2.33. The highest BCUT2D eigenvalue weighted by molar-refractivity contribution is 4.84. The third-order valence-electron chi connectivity index (χ3n) is 2.99. The van der Waals surface area contributed by atoms with E-state index in [0.717, 1.165) is 13.0 Å². The molecule has 1 aliphatic carbocycles. The van der Waals surface area contributed by atoms with Gasteiger partial charge in [-0.15, -0.1) is 0 Å². The summed E-state index contributed by atoms with van der Waals surface area (Å²) in [7, 11) is 0. The average Bonchev–Trinajstić information content (AvgIpc) is 2.06. The quantitative estimate of drug-likeness (QED) is 0.573. The third-order valence-corrected chi connectivity index (χ3v) is 2.99. The van der Waals surface area contributed by atoms with Gasteiger partial charge in [0.25, 0.3) is 0 Å². The number of aliphatic hydroxyl groups excluding tert-OH is 1. The van der Waals surface area contributed by atoms with Crippen molar-refractivity contribution < 1.29 is 9.84 Å². The van der Waals surface area contributed by atoms with Crippen LogP contribution >= 0.6 is 0 Å². The molecule has 1 N–H and O–H groups in total. The Hall–Kier alpha value is -0.0800. The Kier molecular flexibility index (Phi) is 2.14. The van der Waals surface area contributed by atoms with Crippen LogP contribution < -0.4 is 0 Å². The van der Waals surface area contributed by atoms with Crippen molar-refractivity contribution in [3.63, 3.8) is 0 Å². The standard InChI is InChI=1S/C9H16O2/c10-8-5-6-11-9-4-2-1-3-7(8)9/h7-10H,1-6H2/t7-,8+,9-/m0/s1. The Balaban J connectivity index is 1.99. The average molecular weight is 156 g/mol. The first kappa shape index (κ1) is 7.56. The molecule has 64 valence electrons. The molecule has 0 spiro atoms. The second-order valence-electron chi connectivity index (χ2n) is 3.71. The molecule has 0 aromatic carbocycles. The van der Waals surface area contributed by atoms with Crippen molar-refractivity contribution in [2.75, 3.05) is 6.61 Å². The number of hydrogen-bond acceptors (Lipinski definition) is 2. The van der Waals surface area contributed by atoms with Gasteiger partial charge in [0, 0.05) is 12.5 Å². The minimum absolute atomic E-state index is 0.0750. The molecule has 0 aromatic heterocycles. The second kappa shape index (κ2) is 3.11. The minimum atomic E-state index is -0.0750. The van der Waals surface area contributed by atoms with E-state index in [2.05, 4.69) is 0 Å². The summed E-state index contributed by atoms with van der Waals surface area (Å²) >= 11 is 0. The van der Waals surface area contributed by atoms with Gasteiger partial charge in [-0.3, -0.25) is 0 Å². The lowest BCUT2D eigenvalue weighted by Crippen LogP contribution is -2.41. The number of aliphatic hydroxyl groups is 1. The van der Waals surface area contributed by atoms with Gasteiger partial charge in [-0.05, 0) is 19.3 Å². The normalized spacial score (nSPS) is 45.0. The lowest BCUT2D eigenvalue weighted by Gasteiger charge is -2.38. The molecule has 0 amide bonds. The molecule has 2 rings (SSSR count). The van der Waals surface area contributed by atoms with E-state index in [9.17, 15) is 5.11 Å². The molecule has 1 saturated carbocycles. The predicted octanol–water partition coefficient (Wildman–Crippen LogP) is 1.33. The van der Waals surface area contributed by atoms with E-state index in [1.165, 1.54) is 25.7 Å². The molecule has 0 aromatic rings. The number of fused-ring (bicyclic) bond motifs is 1. The van der Waals surface area contributed by atoms with E-state index in [1.807, 2.05) is 0 Å². The Bertz CT molecular complexity index is 134. The molecule has 2 fully saturated rings. The maximum Gasteiger partial charge on any atom is 0.0628 e. The summed E-state index contributed by atoms with van der Waals surface area (Å²) in [5.41, 5.74) is 0. The van der Waals surface area contributed by atoms with Crippen LogP contribution in [-0.4, -0.2) is 23.9 Å². The Labute approximate surface area is 67.6 Å². The lowest BCUT2D eigenvalue weighted by molar-refractivity contribution is -0.108. The summed E-state index contributed by atoms with van der Waals surface area (Å²) in [4.78, 5) is 0. The Morgan fingerprint density at radius 1 is 1.09 bits per heavy atom. The summed E-state index contributed by atoms with van der Waals surface area (Å²) < 4.78 is 5.59. The first-order valence-electron chi connectivity index (χ1n) is 4.67. The summed E-state index contributed by atoms with van der Waals surface area (Å²) in [5.74, 6) is 0.456. The van der Waals surface area contributed by atoms with Gasteiger partial charge >= 0.3 is 0 Å². The van der Waals surface area contributed by atoms with Crippen LogP contribution in [0.25, 0.3) is 0 Å². The summed E-state index contributed by atoms with van der Waals surface area (Å²) in [6.07, 6.45) is 6.06. The molecular formula is C9H16O2.